The Morgan fingerprint density at radius 3 is 2.88 bits per heavy atom. The van der Waals surface area contributed by atoms with Gasteiger partial charge in [0.1, 0.15) is 5.82 Å². The number of aliphatic carboxylic acids is 1. The number of halogens is 1. The molecule has 0 fully saturated rings. The number of carboxylic acids is 1. The number of hydrogen-bond acceptors (Lipinski definition) is 1. The molecule has 0 aliphatic rings. The van der Waals surface area contributed by atoms with Gasteiger partial charge in [0.05, 0.1) is 0 Å². The fraction of sp³-hybridized carbons (Fsp3) is 0.250. The number of aromatic amines is 1. The van der Waals surface area contributed by atoms with Crippen LogP contribution in [0.15, 0.2) is 18.2 Å². The Labute approximate surface area is 91.9 Å². The SMILES string of the molecule is Cc1cc2cc(F)c(CCC(=O)O)cc2[nH]1. The molecule has 16 heavy (non-hydrogen) atoms. The largest absolute Gasteiger partial charge is 0.481 e. The molecule has 0 saturated heterocycles. The number of carbonyl (C=O) groups is 1. The molecule has 84 valence electrons. The van der Waals surface area contributed by atoms with Crippen molar-refractivity contribution in [2.75, 3.05) is 0 Å². The predicted molar refractivity (Wildman–Crippen MR) is 59.0 cm³/mol. The van der Waals surface area contributed by atoms with Crippen LogP contribution in [0.25, 0.3) is 10.9 Å². The Morgan fingerprint density at radius 1 is 1.44 bits per heavy atom. The van der Waals surface area contributed by atoms with Crippen molar-refractivity contribution in [3.05, 3.63) is 35.3 Å². The first kappa shape index (κ1) is 10.7. The summed E-state index contributed by atoms with van der Waals surface area (Å²) >= 11 is 0. The lowest BCUT2D eigenvalue weighted by Crippen LogP contribution is -1.99. The Bertz CT molecular complexity index is 545. The van der Waals surface area contributed by atoms with Crippen LogP contribution in [0.3, 0.4) is 0 Å². The van der Waals surface area contributed by atoms with Crippen LogP contribution in [0.1, 0.15) is 17.7 Å². The molecule has 2 N–H and O–H groups in total. The third-order valence-corrected chi connectivity index (χ3v) is 2.53. The quantitative estimate of drug-likeness (QED) is 0.837. The van der Waals surface area contributed by atoms with Crippen molar-refractivity contribution in [3.63, 3.8) is 0 Å². The van der Waals surface area contributed by atoms with E-state index in [0.717, 1.165) is 16.6 Å². The van der Waals surface area contributed by atoms with E-state index in [1.54, 1.807) is 6.07 Å². The number of nitrogens with one attached hydrogen (secondary N) is 1. The van der Waals surface area contributed by atoms with E-state index in [0.29, 0.717) is 5.56 Å². The minimum Gasteiger partial charge on any atom is -0.481 e. The molecule has 0 radical (unpaired) electrons. The molecule has 0 bridgehead atoms. The molecule has 2 rings (SSSR count). The summed E-state index contributed by atoms with van der Waals surface area (Å²) in [4.78, 5) is 13.5. The molecule has 0 aliphatic carbocycles. The summed E-state index contributed by atoms with van der Waals surface area (Å²) in [6, 6.07) is 4.98. The van der Waals surface area contributed by atoms with Crippen LogP contribution in [0.4, 0.5) is 4.39 Å². The maximum atomic E-state index is 13.6. The van der Waals surface area contributed by atoms with Crippen molar-refractivity contribution in [1.82, 2.24) is 4.98 Å². The second-order valence-electron chi connectivity index (χ2n) is 3.88. The van der Waals surface area contributed by atoms with Gasteiger partial charge in [-0.15, -0.1) is 0 Å². The Balaban J connectivity index is 2.37. The number of rotatable bonds is 3. The lowest BCUT2D eigenvalue weighted by Gasteiger charge is -2.01. The zero-order valence-electron chi connectivity index (χ0n) is 8.88. The average molecular weight is 221 g/mol. The minimum absolute atomic E-state index is 0.0535. The molecule has 2 aromatic rings. The number of aryl methyl sites for hydroxylation is 2. The van der Waals surface area contributed by atoms with Gasteiger partial charge in [0, 0.05) is 23.0 Å². The van der Waals surface area contributed by atoms with E-state index in [4.69, 9.17) is 5.11 Å². The third kappa shape index (κ3) is 2.05. The minimum atomic E-state index is -0.915. The number of benzene rings is 1. The van der Waals surface area contributed by atoms with Crippen molar-refractivity contribution < 1.29 is 14.3 Å². The number of carboxylic acid groups (broad SMARTS) is 1. The summed E-state index contributed by atoms with van der Waals surface area (Å²) in [6.07, 6.45) is 0.164. The lowest BCUT2D eigenvalue weighted by molar-refractivity contribution is -0.136. The summed E-state index contributed by atoms with van der Waals surface area (Å²) in [5, 5.41) is 9.37. The van der Waals surface area contributed by atoms with Crippen molar-refractivity contribution in [1.29, 1.82) is 0 Å². The lowest BCUT2D eigenvalue weighted by atomic mass is 10.1. The van der Waals surface area contributed by atoms with Gasteiger partial charge in [-0.05, 0) is 37.1 Å². The molecule has 0 unspecified atom stereocenters. The molecule has 1 heterocycles. The van der Waals surface area contributed by atoms with Crippen LogP contribution in [0.5, 0.6) is 0 Å². The van der Waals surface area contributed by atoms with Crippen molar-refractivity contribution >= 4 is 16.9 Å². The topological polar surface area (TPSA) is 53.1 Å². The highest BCUT2D eigenvalue weighted by Crippen LogP contribution is 2.20. The van der Waals surface area contributed by atoms with E-state index in [-0.39, 0.29) is 18.7 Å². The molecule has 1 aromatic heterocycles. The highest BCUT2D eigenvalue weighted by molar-refractivity contribution is 5.81. The Kier molecular flexibility index (Phi) is 2.64. The molecule has 0 aliphatic heterocycles. The maximum Gasteiger partial charge on any atom is 0.303 e. The van der Waals surface area contributed by atoms with Crippen LogP contribution >= 0.6 is 0 Å². The maximum absolute atomic E-state index is 13.6. The first-order valence-corrected chi connectivity index (χ1v) is 5.06. The van der Waals surface area contributed by atoms with Crippen LogP contribution < -0.4 is 0 Å². The van der Waals surface area contributed by atoms with Crippen LogP contribution in [0.2, 0.25) is 0 Å². The van der Waals surface area contributed by atoms with E-state index in [1.165, 1.54) is 6.07 Å². The number of hydrogen-bond donors (Lipinski definition) is 2. The van der Waals surface area contributed by atoms with E-state index in [2.05, 4.69) is 4.98 Å². The summed E-state index contributed by atoms with van der Waals surface area (Å²) < 4.78 is 13.6. The first-order valence-electron chi connectivity index (χ1n) is 5.06. The molecular formula is C12H12FNO2. The fourth-order valence-corrected chi connectivity index (χ4v) is 1.78. The van der Waals surface area contributed by atoms with Crippen molar-refractivity contribution in [2.45, 2.75) is 19.8 Å². The van der Waals surface area contributed by atoms with Gasteiger partial charge in [-0.2, -0.15) is 0 Å². The zero-order chi connectivity index (χ0) is 11.7. The van der Waals surface area contributed by atoms with E-state index in [1.807, 2.05) is 13.0 Å². The van der Waals surface area contributed by atoms with Gasteiger partial charge >= 0.3 is 5.97 Å². The van der Waals surface area contributed by atoms with Crippen LogP contribution in [0, 0.1) is 12.7 Å². The smallest absolute Gasteiger partial charge is 0.303 e. The van der Waals surface area contributed by atoms with Crippen LogP contribution in [-0.2, 0) is 11.2 Å². The summed E-state index contributed by atoms with van der Waals surface area (Å²) in [6.45, 7) is 1.90. The Hall–Kier alpha value is -1.84. The number of H-pyrrole nitrogens is 1. The molecule has 0 amide bonds. The molecule has 0 atom stereocenters. The monoisotopic (exact) mass is 221 g/mol. The van der Waals surface area contributed by atoms with Gasteiger partial charge in [0.2, 0.25) is 0 Å². The molecule has 4 heteroatoms. The highest BCUT2D eigenvalue weighted by atomic mass is 19.1. The second kappa shape index (κ2) is 3.96. The summed E-state index contributed by atoms with van der Waals surface area (Å²) in [5.74, 6) is -1.25. The molecule has 0 saturated carbocycles. The van der Waals surface area contributed by atoms with Gasteiger partial charge in [-0.25, -0.2) is 4.39 Å². The highest BCUT2D eigenvalue weighted by Gasteiger charge is 2.08. The standard InChI is InChI=1S/C12H12FNO2/c1-7-4-9-5-10(13)8(2-3-12(15)16)6-11(9)14-7/h4-6,14H,2-3H2,1H3,(H,15,16). The van der Waals surface area contributed by atoms with Gasteiger partial charge in [0.25, 0.3) is 0 Å². The van der Waals surface area contributed by atoms with Gasteiger partial charge < -0.3 is 10.1 Å². The van der Waals surface area contributed by atoms with Crippen molar-refractivity contribution in [2.24, 2.45) is 0 Å². The predicted octanol–water partition coefficient (Wildman–Crippen LogP) is 2.63. The molecule has 1 aromatic carbocycles. The number of aromatic nitrogens is 1. The van der Waals surface area contributed by atoms with E-state index >= 15 is 0 Å². The van der Waals surface area contributed by atoms with Gasteiger partial charge in [0.15, 0.2) is 0 Å². The second-order valence-corrected chi connectivity index (χ2v) is 3.88. The van der Waals surface area contributed by atoms with E-state index < -0.39 is 5.97 Å². The van der Waals surface area contributed by atoms with Crippen LogP contribution in [-0.4, -0.2) is 16.1 Å². The Morgan fingerprint density at radius 2 is 2.19 bits per heavy atom. The molecule has 0 spiro atoms. The zero-order valence-corrected chi connectivity index (χ0v) is 8.88. The summed E-state index contributed by atoms with van der Waals surface area (Å²) in [5.41, 5.74) is 2.25. The normalized spacial score (nSPS) is 10.9. The third-order valence-electron chi connectivity index (χ3n) is 2.53. The van der Waals surface area contributed by atoms with Crippen molar-refractivity contribution in [3.8, 4) is 0 Å². The average Bonchev–Trinajstić information content (AvgIpc) is 2.53. The fourth-order valence-electron chi connectivity index (χ4n) is 1.78. The van der Waals surface area contributed by atoms with E-state index in [9.17, 15) is 9.18 Å². The van der Waals surface area contributed by atoms with Gasteiger partial charge in [-0.3, -0.25) is 4.79 Å². The molecule has 3 nitrogen and oxygen atoms in total. The number of fused-ring (bicyclic) bond motifs is 1. The first-order chi connectivity index (χ1) is 7.56. The van der Waals surface area contributed by atoms with Gasteiger partial charge in [-0.1, -0.05) is 0 Å². The molecular weight excluding hydrogens is 209 g/mol. The summed E-state index contributed by atoms with van der Waals surface area (Å²) in [7, 11) is 0.